The van der Waals surface area contributed by atoms with E-state index in [-0.39, 0.29) is 0 Å². The smallest absolute Gasteiger partial charge is 0.158 e. The molecule has 20 heavy (non-hydrogen) atoms. The van der Waals surface area contributed by atoms with Gasteiger partial charge in [-0.05, 0) is 25.7 Å². The Morgan fingerprint density at radius 2 is 1.20 bits per heavy atom. The minimum atomic E-state index is -0.679. The van der Waals surface area contributed by atoms with Crippen molar-refractivity contribution in [3.05, 3.63) is 0 Å². The molecular weight excluding hydrogens is 284 g/mol. The SMILES string of the molecule is CCCCCO[SiH](C)[SiH](C)C.COCCCCCOC. The lowest BCUT2D eigenvalue weighted by Gasteiger charge is -2.13. The summed E-state index contributed by atoms with van der Waals surface area (Å²) in [6, 6.07) is 0. The minimum Gasteiger partial charge on any atom is -0.424 e. The molecule has 0 fully saturated rings. The van der Waals surface area contributed by atoms with Crippen LogP contribution >= 0.6 is 0 Å². The molecule has 5 heteroatoms. The van der Waals surface area contributed by atoms with Crippen molar-refractivity contribution in [2.24, 2.45) is 0 Å². The molecule has 0 bridgehead atoms. The van der Waals surface area contributed by atoms with E-state index in [9.17, 15) is 0 Å². The first-order chi connectivity index (χ1) is 9.59. The van der Waals surface area contributed by atoms with Gasteiger partial charge in [-0.3, -0.25) is 0 Å². The van der Waals surface area contributed by atoms with Crippen LogP contribution in [0.5, 0.6) is 0 Å². The molecule has 0 N–H and O–H groups in total. The van der Waals surface area contributed by atoms with Crippen LogP contribution in [-0.2, 0) is 13.9 Å². The van der Waals surface area contributed by atoms with Crippen molar-refractivity contribution in [1.29, 1.82) is 0 Å². The normalized spacial score (nSPS) is 12.2. The number of unbranched alkanes of at least 4 members (excludes halogenated alkanes) is 4. The average Bonchev–Trinajstić information content (AvgIpc) is 2.44. The van der Waals surface area contributed by atoms with Gasteiger partial charge in [-0.1, -0.05) is 39.4 Å². The summed E-state index contributed by atoms with van der Waals surface area (Å²) in [6.45, 7) is 12.2. The molecule has 0 aromatic carbocycles. The van der Waals surface area contributed by atoms with Gasteiger partial charge in [0.25, 0.3) is 0 Å². The number of methoxy groups -OCH3 is 2. The first-order valence-corrected chi connectivity index (χ1v) is 14.8. The minimum absolute atomic E-state index is 0.400. The van der Waals surface area contributed by atoms with Gasteiger partial charge in [0.1, 0.15) is 0 Å². The van der Waals surface area contributed by atoms with E-state index in [0.717, 1.165) is 32.7 Å². The highest BCUT2D eigenvalue weighted by Crippen LogP contribution is 1.98. The summed E-state index contributed by atoms with van der Waals surface area (Å²) in [6.07, 6.45) is 7.43. The molecule has 0 aliphatic heterocycles. The fourth-order valence-corrected chi connectivity index (χ4v) is 3.97. The Morgan fingerprint density at radius 3 is 1.60 bits per heavy atom. The fraction of sp³-hybridized carbons (Fsp3) is 1.00. The second-order valence-electron chi connectivity index (χ2n) is 5.57. The number of rotatable bonds is 12. The molecule has 0 amide bonds. The van der Waals surface area contributed by atoms with Gasteiger partial charge in [0.2, 0.25) is 0 Å². The quantitative estimate of drug-likeness (QED) is 0.406. The topological polar surface area (TPSA) is 27.7 Å². The van der Waals surface area contributed by atoms with Crippen molar-refractivity contribution in [1.82, 2.24) is 0 Å². The van der Waals surface area contributed by atoms with Gasteiger partial charge in [-0.25, -0.2) is 0 Å². The highest BCUT2D eigenvalue weighted by atomic mass is 29.2. The summed E-state index contributed by atoms with van der Waals surface area (Å²) < 4.78 is 15.6. The molecule has 1 atom stereocenters. The molecule has 0 rings (SSSR count). The number of ether oxygens (including phenoxy) is 2. The van der Waals surface area contributed by atoms with Gasteiger partial charge in [-0.15, -0.1) is 0 Å². The molecule has 3 nitrogen and oxygen atoms in total. The highest BCUT2D eigenvalue weighted by Gasteiger charge is 2.09. The summed E-state index contributed by atoms with van der Waals surface area (Å²) in [4.78, 5) is 0. The predicted molar refractivity (Wildman–Crippen MR) is 95.0 cm³/mol. The number of hydrogen-bond donors (Lipinski definition) is 0. The van der Waals surface area contributed by atoms with Gasteiger partial charge in [0.05, 0.1) is 8.31 Å². The molecular formula is C15H38O3Si2. The molecule has 124 valence electrons. The van der Waals surface area contributed by atoms with Gasteiger partial charge >= 0.3 is 0 Å². The second kappa shape index (κ2) is 19.3. The summed E-state index contributed by atoms with van der Waals surface area (Å²) in [5.41, 5.74) is 0. The van der Waals surface area contributed by atoms with E-state index in [0.29, 0.717) is 0 Å². The number of hydrogen-bond acceptors (Lipinski definition) is 3. The van der Waals surface area contributed by atoms with Gasteiger partial charge in [-0.2, -0.15) is 0 Å². The largest absolute Gasteiger partial charge is 0.424 e. The second-order valence-corrected chi connectivity index (χ2v) is 16.6. The Hall–Kier alpha value is 0.314. The van der Waals surface area contributed by atoms with E-state index in [1.807, 2.05) is 0 Å². The van der Waals surface area contributed by atoms with Crippen LogP contribution in [0.1, 0.15) is 45.4 Å². The average molecular weight is 323 g/mol. The molecule has 0 saturated heterocycles. The summed E-state index contributed by atoms with van der Waals surface area (Å²) in [5, 5.41) is 0. The van der Waals surface area contributed by atoms with E-state index in [1.54, 1.807) is 14.2 Å². The van der Waals surface area contributed by atoms with E-state index in [4.69, 9.17) is 13.9 Å². The maximum Gasteiger partial charge on any atom is 0.158 e. The van der Waals surface area contributed by atoms with Crippen LogP contribution in [-0.4, -0.2) is 50.9 Å². The molecule has 0 spiro atoms. The first-order valence-electron chi connectivity index (χ1n) is 8.19. The Labute approximate surface area is 130 Å². The van der Waals surface area contributed by atoms with E-state index in [2.05, 4.69) is 26.6 Å². The molecule has 0 saturated carbocycles. The van der Waals surface area contributed by atoms with Crippen LogP contribution in [0.4, 0.5) is 0 Å². The van der Waals surface area contributed by atoms with Crippen molar-refractivity contribution in [3.8, 4) is 0 Å². The zero-order valence-corrected chi connectivity index (χ0v) is 17.1. The first kappa shape index (κ1) is 22.6. The van der Waals surface area contributed by atoms with Gasteiger partial charge in [0, 0.05) is 34.0 Å². The zero-order valence-electron chi connectivity index (χ0n) is 14.7. The van der Waals surface area contributed by atoms with Crippen molar-refractivity contribution < 1.29 is 13.9 Å². The molecule has 0 aliphatic rings. The van der Waals surface area contributed by atoms with Crippen LogP contribution < -0.4 is 0 Å². The van der Waals surface area contributed by atoms with Crippen molar-refractivity contribution >= 4 is 16.9 Å². The Balaban J connectivity index is 0. The third-order valence-corrected chi connectivity index (χ3v) is 12.1. The molecule has 1 unspecified atom stereocenters. The van der Waals surface area contributed by atoms with Gasteiger partial charge < -0.3 is 13.9 Å². The van der Waals surface area contributed by atoms with Crippen molar-refractivity contribution in [2.75, 3.05) is 34.0 Å². The standard InChI is InChI=1S/C8H22OSi2.C7H16O2/c1-5-6-7-8-9-11(4)10(2)3;1-8-6-4-3-5-7-9-2/h10-11H,5-8H2,1-4H3;3-7H2,1-2H3. The molecule has 0 aliphatic carbocycles. The highest BCUT2D eigenvalue weighted by molar-refractivity contribution is 7.18. The Bertz CT molecular complexity index is 163. The maximum atomic E-state index is 5.81. The van der Waals surface area contributed by atoms with Crippen LogP contribution in [0.2, 0.25) is 19.6 Å². The lowest BCUT2D eigenvalue weighted by molar-refractivity contribution is 0.173. The monoisotopic (exact) mass is 322 g/mol. The third kappa shape index (κ3) is 20.6. The molecule has 0 aromatic heterocycles. The lowest BCUT2D eigenvalue weighted by atomic mass is 10.2. The predicted octanol–water partition coefficient (Wildman–Crippen LogP) is 3.56. The lowest BCUT2D eigenvalue weighted by Crippen LogP contribution is -2.30. The zero-order chi connectivity index (χ0) is 15.6. The van der Waals surface area contributed by atoms with Crippen LogP contribution in [0, 0.1) is 0 Å². The van der Waals surface area contributed by atoms with E-state index < -0.39 is 16.9 Å². The van der Waals surface area contributed by atoms with Gasteiger partial charge in [0.15, 0.2) is 8.56 Å². The van der Waals surface area contributed by atoms with Crippen LogP contribution in [0.3, 0.4) is 0 Å². The van der Waals surface area contributed by atoms with E-state index >= 15 is 0 Å². The van der Waals surface area contributed by atoms with Crippen LogP contribution in [0.15, 0.2) is 0 Å². The molecule has 0 aromatic rings. The molecule has 0 heterocycles. The summed E-state index contributed by atoms with van der Waals surface area (Å²) in [7, 11) is 2.39. The van der Waals surface area contributed by atoms with E-state index in [1.165, 1.54) is 25.7 Å². The Morgan fingerprint density at radius 1 is 0.700 bits per heavy atom. The van der Waals surface area contributed by atoms with Crippen LogP contribution in [0.25, 0.3) is 0 Å². The van der Waals surface area contributed by atoms with Crippen molar-refractivity contribution in [2.45, 2.75) is 65.1 Å². The summed E-state index contributed by atoms with van der Waals surface area (Å²) in [5.74, 6) is 0. The fourth-order valence-electron chi connectivity index (χ4n) is 1.48. The summed E-state index contributed by atoms with van der Waals surface area (Å²) >= 11 is 0. The van der Waals surface area contributed by atoms with Crippen molar-refractivity contribution in [3.63, 3.8) is 0 Å². The Kier molecular flexibility index (Phi) is 21.8. The third-order valence-electron chi connectivity index (χ3n) is 3.26. The maximum absolute atomic E-state index is 5.81. The molecule has 0 radical (unpaired) electrons.